The normalized spacial score (nSPS) is 17.0. The maximum Gasteiger partial charge on any atom is 0.254 e. The monoisotopic (exact) mass is 490 g/mol. The van der Waals surface area contributed by atoms with Crippen LogP contribution in [-0.4, -0.2) is 54.5 Å². The summed E-state index contributed by atoms with van der Waals surface area (Å²) < 4.78 is 11.6. The highest BCUT2D eigenvalue weighted by molar-refractivity contribution is 7.10. The number of nitrogens with zero attached hydrogens (tertiary/aromatic N) is 2. The topological polar surface area (TPSA) is 59.1 Å². The second-order valence-electron chi connectivity index (χ2n) is 9.14. The van der Waals surface area contributed by atoms with Crippen LogP contribution in [0.4, 0.5) is 0 Å². The second kappa shape index (κ2) is 10.1. The number of amides is 2. The summed E-state index contributed by atoms with van der Waals surface area (Å²) in [5, 5.41) is 2.08. The highest BCUT2D eigenvalue weighted by Gasteiger charge is 2.38. The number of methoxy groups -OCH3 is 1. The molecule has 0 radical (unpaired) electrons. The Labute approximate surface area is 210 Å². The Balaban J connectivity index is 1.35. The number of benzene rings is 2. The van der Waals surface area contributed by atoms with E-state index in [9.17, 15) is 9.59 Å². The Kier molecular flexibility index (Phi) is 6.77. The number of ether oxygens (including phenoxy) is 2. The molecule has 5 rings (SSSR count). The maximum atomic E-state index is 13.7. The summed E-state index contributed by atoms with van der Waals surface area (Å²) in [6.07, 6.45) is 2.71. The van der Waals surface area contributed by atoms with Crippen LogP contribution in [0.2, 0.25) is 0 Å². The van der Waals surface area contributed by atoms with Crippen LogP contribution in [0.15, 0.2) is 60.0 Å². The fourth-order valence-corrected chi connectivity index (χ4v) is 5.56. The standard InChI is InChI=1S/C28H30N2O4S/c1-19-7-9-20(10-8-19)28(32)30(21-11-12-21)17-27(31)29-15-13-26-22(14-16-35-26)23(29)18-34-25-6-4-3-5-24(25)33-2/h3-10,14,16,21,23H,11-13,15,17-18H2,1-2H3/t23-/m0/s1. The average molecular weight is 491 g/mol. The van der Waals surface area contributed by atoms with Crippen LogP contribution >= 0.6 is 11.3 Å². The van der Waals surface area contributed by atoms with Gasteiger partial charge in [-0.2, -0.15) is 0 Å². The molecule has 0 bridgehead atoms. The molecule has 1 aromatic heterocycles. The molecule has 1 aliphatic carbocycles. The van der Waals surface area contributed by atoms with Crippen LogP contribution in [0.1, 0.15) is 45.2 Å². The Morgan fingerprint density at radius 1 is 1.06 bits per heavy atom. The van der Waals surface area contributed by atoms with Gasteiger partial charge >= 0.3 is 0 Å². The van der Waals surface area contributed by atoms with Crippen molar-refractivity contribution in [2.45, 2.75) is 38.3 Å². The molecule has 2 heterocycles. The zero-order valence-corrected chi connectivity index (χ0v) is 20.9. The Morgan fingerprint density at radius 3 is 2.51 bits per heavy atom. The summed E-state index contributed by atoms with van der Waals surface area (Å²) in [7, 11) is 1.62. The van der Waals surface area contributed by atoms with Crippen molar-refractivity contribution >= 4 is 23.2 Å². The number of fused-ring (bicyclic) bond motifs is 1. The molecule has 1 saturated carbocycles. The molecule has 1 atom stereocenters. The van der Waals surface area contributed by atoms with Crippen LogP contribution in [-0.2, 0) is 11.2 Å². The van der Waals surface area contributed by atoms with Gasteiger partial charge in [0.15, 0.2) is 11.5 Å². The van der Waals surface area contributed by atoms with Gasteiger partial charge < -0.3 is 19.3 Å². The van der Waals surface area contributed by atoms with Gasteiger partial charge in [-0.15, -0.1) is 11.3 Å². The van der Waals surface area contributed by atoms with Crippen LogP contribution in [0, 0.1) is 6.92 Å². The number of carbonyl (C=O) groups excluding carboxylic acids is 2. The molecule has 0 unspecified atom stereocenters. The number of thiophene rings is 1. The van der Waals surface area contributed by atoms with Crippen LogP contribution in [0.5, 0.6) is 11.5 Å². The number of aryl methyl sites for hydroxylation is 1. The van der Waals surface area contributed by atoms with E-state index in [2.05, 4.69) is 11.4 Å². The van der Waals surface area contributed by atoms with E-state index in [0.29, 0.717) is 30.2 Å². The molecule has 0 saturated heterocycles. The highest BCUT2D eigenvalue weighted by Crippen LogP contribution is 2.36. The second-order valence-corrected chi connectivity index (χ2v) is 10.1. The molecule has 3 aromatic rings. The van der Waals surface area contributed by atoms with Crippen molar-refractivity contribution in [3.63, 3.8) is 0 Å². The summed E-state index contributed by atoms with van der Waals surface area (Å²) in [6, 6.07) is 17.1. The van der Waals surface area contributed by atoms with Gasteiger partial charge in [0.05, 0.1) is 13.2 Å². The van der Waals surface area contributed by atoms with E-state index in [1.165, 1.54) is 4.88 Å². The number of hydrogen-bond donors (Lipinski definition) is 0. The van der Waals surface area contributed by atoms with Gasteiger partial charge in [-0.1, -0.05) is 29.8 Å². The number of hydrogen-bond acceptors (Lipinski definition) is 5. The van der Waals surface area contributed by atoms with Crippen molar-refractivity contribution < 1.29 is 19.1 Å². The van der Waals surface area contributed by atoms with Gasteiger partial charge in [0, 0.05) is 23.0 Å². The van der Waals surface area contributed by atoms with E-state index in [1.807, 2.05) is 60.4 Å². The van der Waals surface area contributed by atoms with E-state index in [0.717, 1.165) is 30.4 Å². The van der Waals surface area contributed by atoms with Crippen molar-refractivity contribution in [1.82, 2.24) is 9.80 Å². The van der Waals surface area contributed by atoms with Gasteiger partial charge in [0.25, 0.3) is 5.91 Å². The van der Waals surface area contributed by atoms with Gasteiger partial charge in [-0.3, -0.25) is 9.59 Å². The average Bonchev–Trinajstić information content (AvgIpc) is 3.61. The first-order valence-electron chi connectivity index (χ1n) is 12.0. The summed E-state index contributed by atoms with van der Waals surface area (Å²) in [4.78, 5) is 31.9. The molecule has 2 amide bonds. The fourth-order valence-electron chi connectivity index (χ4n) is 4.63. The molecule has 182 valence electrons. The molecule has 35 heavy (non-hydrogen) atoms. The van der Waals surface area contributed by atoms with Crippen molar-refractivity contribution in [3.05, 3.63) is 81.5 Å². The van der Waals surface area contributed by atoms with E-state index in [1.54, 1.807) is 23.3 Å². The number of carbonyl (C=O) groups is 2. The minimum atomic E-state index is -0.210. The molecule has 0 spiro atoms. The molecule has 2 aliphatic rings. The van der Waals surface area contributed by atoms with Crippen molar-refractivity contribution in [2.75, 3.05) is 26.8 Å². The summed E-state index contributed by atoms with van der Waals surface area (Å²) in [5.74, 6) is 1.20. The lowest BCUT2D eigenvalue weighted by atomic mass is 10.00. The summed E-state index contributed by atoms with van der Waals surface area (Å²) in [6.45, 7) is 3.02. The van der Waals surface area contributed by atoms with Crippen molar-refractivity contribution in [3.8, 4) is 11.5 Å². The minimum absolute atomic E-state index is 0.0390. The zero-order valence-electron chi connectivity index (χ0n) is 20.1. The van der Waals surface area contributed by atoms with Gasteiger partial charge in [0.2, 0.25) is 5.91 Å². The van der Waals surface area contributed by atoms with E-state index in [4.69, 9.17) is 9.47 Å². The summed E-state index contributed by atoms with van der Waals surface area (Å²) >= 11 is 1.72. The lowest BCUT2D eigenvalue weighted by Crippen LogP contribution is -2.48. The third-order valence-corrected chi connectivity index (χ3v) is 7.73. The lowest BCUT2D eigenvalue weighted by Gasteiger charge is -2.37. The number of rotatable bonds is 8. The molecule has 7 heteroatoms. The molecule has 2 aromatic carbocycles. The van der Waals surface area contributed by atoms with E-state index < -0.39 is 0 Å². The Hall–Kier alpha value is -3.32. The largest absolute Gasteiger partial charge is 0.493 e. The minimum Gasteiger partial charge on any atom is -0.493 e. The van der Waals surface area contributed by atoms with E-state index in [-0.39, 0.29) is 30.4 Å². The predicted octanol–water partition coefficient (Wildman–Crippen LogP) is 4.87. The lowest BCUT2D eigenvalue weighted by molar-refractivity contribution is -0.135. The zero-order chi connectivity index (χ0) is 24.4. The highest BCUT2D eigenvalue weighted by atomic mass is 32.1. The molecule has 0 N–H and O–H groups in total. The first-order chi connectivity index (χ1) is 17.0. The first kappa shape index (κ1) is 23.4. The fraction of sp³-hybridized carbons (Fsp3) is 0.357. The molecular weight excluding hydrogens is 460 g/mol. The Morgan fingerprint density at radius 2 is 1.80 bits per heavy atom. The third kappa shape index (κ3) is 5.05. The van der Waals surface area contributed by atoms with Crippen LogP contribution in [0.3, 0.4) is 0 Å². The van der Waals surface area contributed by atoms with E-state index >= 15 is 0 Å². The quantitative estimate of drug-likeness (QED) is 0.452. The smallest absolute Gasteiger partial charge is 0.254 e. The van der Waals surface area contributed by atoms with Gasteiger partial charge in [-0.25, -0.2) is 0 Å². The SMILES string of the molecule is COc1ccccc1OC[C@H]1c2ccsc2CCN1C(=O)CN(C(=O)c1ccc(C)cc1)C1CC1. The Bertz CT molecular complexity index is 1200. The molecule has 1 fully saturated rings. The number of para-hydroxylation sites is 2. The third-order valence-electron chi connectivity index (χ3n) is 6.73. The predicted molar refractivity (Wildman–Crippen MR) is 136 cm³/mol. The first-order valence-corrected chi connectivity index (χ1v) is 12.9. The van der Waals surface area contributed by atoms with Gasteiger partial charge in [0.1, 0.15) is 13.2 Å². The van der Waals surface area contributed by atoms with Crippen LogP contribution in [0.25, 0.3) is 0 Å². The van der Waals surface area contributed by atoms with Crippen LogP contribution < -0.4 is 9.47 Å². The van der Waals surface area contributed by atoms with Gasteiger partial charge in [-0.05, 0) is 67.5 Å². The summed E-state index contributed by atoms with van der Waals surface area (Å²) in [5.41, 5.74) is 2.87. The molecular formula is C28H30N2O4S. The molecule has 1 aliphatic heterocycles. The molecule has 6 nitrogen and oxygen atoms in total. The van der Waals surface area contributed by atoms with Crippen molar-refractivity contribution in [1.29, 1.82) is 0 Å². The maximum absolute atomic E-state index is 13.7. The van der Waals surface area contributed by atoms with Crippen molar-refractivity contribution in [2.24, 2.45) is 0 Å².